The number of fused-ring (bicyclic) bond motifs is 1. The Morgan fingerprint density at radius 2 is 1.83 bits per heavy atom. The minimum atomic E-state index is -0.173. The van der Waals surface area contributed by atoms with Crippen LogP contribution in [0.2, 0.25) is 0 Å². The van der Waals surface area contributed by atoms with E-state index in [-0.39, 0.29) is 5.91 Å². The second-order valence-electron chi connectivity index (χ2n) is 6.29. The van der Waals surface area contributed by atoms with Crippen LogP contribution in [-0.2, 0) is 6.54 Å². The third-order valence-corrected chi connectivity index (χ3v) is 4.03. The van der Waals surface area contributed by atoms with Gasteiger partial charge >= 0.3 is 0 Å². The summed E-state index contributed by atoms with van der Waals surface area (Å²) < 4.78 is 1.97. The highest BCUT2D eigenvalue weighted by molar-refractivity contribution is 6.05. The number of pyridine rings is 1. The molecule has 0 atom stereocenters. The maximum Gasteiger partial charge on any atom is 0.276 e. The van der Waals surface area contributed by atoms with Gasteiger partial charge in [0.1, 0.15) is 5.65 Å². The predicted molar refractivity (Wildman–Crippen MR) is 96.5 cm³/mol. The Balaban J connectivity index is 2.03. The van der Waals surface area contributed by atoms with Crippen LogP contribution < -0.4 is 5.32 Å². The normalized spacial score (nSPS) is 11.2. The molecule has 1 amide bonds. The van der Waals surface area contributed by atoms with Gasteiger partial charge in [0.05, 0.1) is 5.69 Å². The van der Waals surface area contributed by atoms with Gasteiger partial charge in [-0.05, 0) is 51.2 Å². The van der Waals surface area contributed by atoms with E-state index in [0.29, 0.717) is 12.2 Å². The molecule has 0 bridgehead atoms. The molecule has 5 nitrogen and oxygen atoms in total. The molecule has 0 unspecified atom stereocenters. The number of carbonyl (C=O) groups excluding carboxylic acids is 1. The Hall–Kier alpha value is -2.66. The predicted octanol–water partition coefficient (Wildman–Crippen LogP) is 3.27. The van der Waals surface area contributed by atoms with E-state index in [4.69, 9.17) is 0 Å². The Morgan fingerprint density at radius 1 is 1.12 bits per heavy atom. The van der Waals surface area contributed by atoms with Crippen molar-refractivity contribution in [2.75, 3.05) is 19.4 Å². The zero-order valence-electron chi connectivity index (χ0n) is 14.5. The van der Waals surface area contributed by atoms with Gasteiger partial charge in [-0.1, -0.05) is 24.3 Å². The van der Waals surface area contributed by atoms with Gasteiger partial charge in [-0.2, -0.15) is 0 Å². The van der Waals surface area contributed by atoms with Gasteiger partial charge in [0.15, 0.2) is 5.69 Å². The first-order valence-corrected chi connectivity index (χ1v) is 7.95. The summed E-state index contributed by atoms with van der Waals surface area (Å²) in [5.74, 6) is -0.173. The van der Waals surface area contributed by atoms with Crippen LogP contribution >= 0.6 is 0 Å². The largest absolute Gasteiger partial charge is 0.320 e. The second kappa shape index (κ2) is 6.45. The number of hydrogen-bond acceptors (Lipinski definition) is 3. The minimum Gasteiger partial charge on any atom is -0.320 e. The first-order valence-electron chi connectivity index (χ1n) is 7.95. The minimum absolute atomic E-state index is 0.173. The summed E-state index contributed by atoms with van der Waals surface area (Å²) in [5, 5.41) is 3.04. The summed E-state index contributed by atoms with van der Waals surface area (Å²) in [4.78, 5) is 19.5. The number of aromatic nitrogens is 2. The number of rotatable bonds is 4. The molecule has 3 aromatic rings. The van der Waals surface area contributed by atoms with Crippen molar-refractivity contribution in [3.63, 3.8) is 0 Å². The van der Waals surface area contributed by atoms with Crippen molar-refractivity contribution in [2.45, 2.75) is 20.4 Å². The van der Waals surface area contributed by atoms with Crippen molar-refractivity contribution in [1.29, 1.82) is 0 Å². The van der Waals surface area contributed by atoms with Gasteiger partial charge in [0, 0.05) is 18.4 Å². The zero-order chi connectivity index (χ0) is 17.3. The standard InChI is InChI=1S/C19H22N4O/c1-13-8-7-9-14(2)17(13)21-19(24)18-15(12-22(3)4)23-11-6-5-10-16(23)20-18/h5-11H,12H2,1-4H3,(H,21,24). The van der Waals surface area contributed by atoms with Gasteiger partial charge in [-0.15, -0.1) is 0 Å². The number of nitrogens with one attached hydrogen (secondary N) is 1. The van der Waals surface area contributed by atoms with E-state index in [1.165, 1.54) is 0 Å². The highest BCUT2D eigenvalue weighted by atomic mass is 16.1. The average Bonchev–Trinajstić information content (AvgIpc) is 2.89. The average molecular weight is 322 g/mol. The third-order valence-electron chi connectivity index (χ3n) is 4.03. The lowest BCUT2D eigenvalue weighted by atomic mass is 10.1. The van der Waals surface area contributed by atoms with Crippen molar-refractivity contribution in [1.82, 2.24) is 14.3 Å². The molecule has 2 heterocycles. The maximum absolute atomic E-state index is 12.9. The lowest BCUT2D eigenvalue weighted by Gasteiger charge is -2.13. The number of aryl methyl sites for hydroxylation is 2. The number of amides is 1. The van der Waals surface area contributed by atoms with Crippen molar-refractivity contribution in [3.05, 3.63) is 65.1 Å². The maximum atomic E-state index is 12.9. The van der Waals surface area contributed by atoms with Gasteiger partial charge < -0.3 is 14.6 Å². The molecule has 1 N–H and O–H groups in total. The third kappa shape index (κ3) is 3.03. The molecule has 124 valence electrons. The molecule has 0 aliphatic heterocycles. The Labute approximate surface area is 141 Å². The van der Waals surface area contributed by atoms with Gasteiger partial charge in [0.2, 0.25) is 0 Å². The molecule has 1 aromatic carbocycles. The SMILES string of the molecule is Cc1cccc(C)c1NC(=O)c1nc2ccccn2c1CN(C)C. The first-order chi connectivity index (χ1) is 11.5. The van der Waals surface area contributed by atoms with Crippen LogP contribution in [0.4, 0.5) is 5.69 Å². The molecule has 5 heteroatoms. The van der Waals surface area contributed by atoms with Crippen LogP contribution in [0.15, 0.2) is 42.6 Å². The number of imidazole rings is 1. The van der Waals surface area contributed by atoms with Crippen molar-refractivity contribution in [3.8, 4) is 0 Å². The molecule has 3 rings (SSSR count). The van der Waals surface area contributed by atoms with E-state index < -0.39 is 0 Å². The van der Waals surface area contributed by atoms with E-state index in [1.54, 1.807) is 0 Å². The second-order valence-corrected chi connectivity index (χ2v) is 6.29. The molecular weight excluding hydrogens is 300 g/mol. The number of anilines is 1. The lowest BCUT2D eigenvalue weighted by molar-refractivity contribution is 0.102. The van der Waals surface area contributed by atoms with Gasteiger partial charge in [-0.3, -0.25) is 4.79 Å². The first kappa shape index (κ1) is 16.2. The highest BCUT2D eigenvalue weighted by Crippen LogP contribution is 2.22. The van der Waals surface area contributed by atoms with E-state index in [2.05, 4.69) is 10.3 Å². The molecule has 0 aliphatic rings. The Bertz CT molecular complexity index is 875. The highest BCUT2D eigenvalue weighted by Gasteiger charge is 2.20. The van der Waals surface area contributed by atoms with Crippen molar-refractivity contribution in [2.24, 2.45) is 0 Å². The molecule has 0 radical (unpaired) electrons. The topological polar surface area (TPSA) is 49.6 Å². The summed E-state index contributed by atoms with van der Waals surface area (Å²) in [6.45, 7) is 4.63. The smallest absolute Gasteiger partial charge is 0.276 e. The molecule has 24 heavy (non-hydrogen) atoms. The summed E-state index contributed by atoms with van der Waals surface area (Å²) >= 11 is 0. The molecule has 2 aromatic heterocycles. The summed E-state index contributed by atoms with van der Waals surface area (Å²) in [6, 6.07) is 11.8. The number of hydrogen-bond donors (Lipinski definition) is 1. The van der Waals surface area contributed by atoms with Crippen LogP contribution in [0, 0.1) is 13.8 Å². The van der Waals surface area contributed by atoms with Crippen LogP contribution in [0.5, 0.6) is 0 Å². The van der Waals surface area contributed by atoms with Gasteiger partial charge in [-0.25, -0.2) is 4.98 Å². The Kier molecular flexibility index (Phi) is 4.36. The van der Waals surface area contributed by atoms with E-state index in [0.717, 1.165) is 28.2 Å². The molecular formula is C19H22N4O. The molecule has 0 aliphatic carbocycles. The van der Waals surface area contributed by atoms with Gasteiger partial charge in [0.25, 0.3) is 5.91 Å². The van der Waals surface area contributed by atoms with Crippen molar-refractivity contribution >= 4 is 17.2 Å². The number of nitrogens with zero attached hydrogens (tertiary/aromatic N) is 3. The molecule has 0 fully saturated rings. The van der Waals surface area contributed by atoms with Crippen LogP contribution in [-0.4, -0.2) is 34.3 Å². The van der Waals surface area contributed by atoms with Crippen LogP contribution in [0.25, 0.3) is 5.65 Å². The fraction of sp³-hybridized carbons (Fsp3) is 0.263. The van der Waals surface area contributed by atoms with Crippen LogP contribution in [0.1, 0.15) is 27.3 Å². The number of para-hydroxylation sites is 1. The molecule has 0 saturated heterocycles. The fourth-order valence-corrected chi connectivity index (χ4v) is 2.86. The summed E-state index contributed by atoms with van der Waals surface area (Å²) in [5.41, 5.74) is 5.08. The fourth-order valence-electron chi connectivity index (χ4n) is 2.86. The number of carbonyl (C=O) groups is 1. The van der Waals surface area contributed by atoms with Crippen LogP contribution in [0.3, 0.4) is 0 Å². The Morgan fingerprint density at radius 3 is 2.50 bits per heavy atom. The van der Waals surface area contributed by atoms with E-state index >= 15 is 0 Å². The molecule has 0 saturated carbocycles. The monoisotopic (exact) mass is 322 g/mol. The van der Waals surface area contributed by atoms with E-state index in [9.17, 15) is 4.79 Å². The summed E-state index contributed by atoms with van der Waals surface area (Å²) in [7, 11) is 3.96. The van der Waals surface area contributed by atoms with Crippen molar-refractivity contribution < 1.29 is 4.79 Å². The number of benzene rings is 1. The quantitative estimate of drug-likeness (QED) is 0.802. The zero-order valence-corrected chi connectivity index (χ0v) is 14.5. The molecule has 0 spiro atoms. The summed E-state index contributed by atoms with van der Waals surface area (Å²) in [6.07, 6.45) is 1.94. The lowest BCUT2D eigenvalue weighted by Crippen LogP contribution is -2.20. The van der Waals surface area contributed by atoms with E-state index in [1.807, 2.05) is 79.8 Å².